The van der Waals surface area contributed by atoms with Gasteiger partial charge in [-0.2, -0.15) is 11.8 Å². The molecule has 1 aromatic rings. The van der Waals surface area contributed by atoms with Crippen LogP contribution in [-0.4, -0.2) is 24.7 Å². The predicted molar refractivity (Wildman–Crippen MR) is 65.5 cm³/mol. The van der Waals surface area contributed by atoms with Crippen LogP contribution in [0.1, 0.15) is 12.0 Å². The molecule has 1 aromatic carbocycles. The van der Waals surface area contributed by atoms with E-state index in [0.717, 1.165) is 11.3 Å². The molecule has 0 aromatic heterocycles. The molecule has 1 saturated heterocycles. The van der Waals surface area contributed by atoms with E-state index in [9.17, 15) is 4.39 Å². The van der Waals surface area contributed by atoms with Crippen LogP contribution in [0.15, 0.2) is 18.2 Å². The molecule has 4 heteroatoms. The molecule has 1 fully saturated rings. The zero-order valence-electron chi connectivity index (χ0n) is 9.33. The molecule has 1 atom stereocenters. The number of thioether (sulfide) groups is 1. The smallest absolute Gasteiger partial charge is 0.127 e. The van der Waals surface area contributed by atoms with Gasteiger partial charge in [0.25, 0.3) is 0 Å². The van der Waals surface area contributed by atoms with E-state index in [1.807, 2.05) is 17.8 Å². The Bertz CT molecular complexity index is 353. The average Bonchev–Trinajstić information content (AvgIpc) is 2.78. The summed E-state index contributed by atoms with van der Waals surface area (Å²) in [7, 11) is 1.56. The van der Waals surface area contributed by atoms with E-state index in [-0.39, 0.29) is 5.82 Å². The molecule has 1 unspecified atom stereocenters. The Morgan fingerprint density at radius 3 is 3.06 bits per heavy atom. The first kappa shape index (κ1) is 11.7. The van der Waals surface area contributed by atoms with Crippen molar-refractivity contribution in [3.8, 4) is 5.75 Å². The van der Waals surface area contributed by atoms with Gasteiger partial charge >= 0.3 is 0 Å². The molecular weight excluding hydrogens is 225 g/mol. The van der Waals surface area contributed by atoms with Crippen molar-refractivity contribution in [2.24, 2.45) is 0 Å². The molecular formula is C12H16FNOS. The molecule has 2 nitrogen and oxygen atoms in total. The Morgan fingerprint density at radius 2 is 2.38 bits per heavy atom. The Balaban J connectivity index is 1.94. The van der Waals surface area contributed by atoms with Gasteiger partial charge in [-0.3, -0.25) is 0 Å². The summed E-state index contributed by atoms with van der Waals surface area (Å²) in [6.07, 6.45) is 1.21. The first-order chi connectivity index (χ1) is 7.78. The number of nitrogens with one attached hydrogen (secondary N) is 1. The summed E-state index contributed by atoms with van der Waals surface area (Å²) in [6, 6.07) is 5.39. The first-order valence-corrected chi connectivity index (χ1v) is 6.58. The Hall–Kier alpha value is -0.740. The lowest BCUT2D eigenvalue weighted by atomic mass is 10.2. The molecule has 0 spiro atoms. The molecule has 1 N–H and O–H groups in total. The van der Waals surface area contributed by atoms with E-state index >= 15 is 0 Å². The van der Waals surface area contributed by atoms with Crippen molar-refractivity contribution in [3.05, 3.63) is 29.6 Å². The highest BCUT2D eigenvalue weighted by atomic mass is 32.2. The molecule has 0 bridgehead atoms. The highest BCUT2D eigenvalue weighted by Crippen LogP contribution is 2.19. The third-order valence-electron chi connectivity index (χ3n) is 2.69. The van der Waals surface area contributed by atoms with Crippen molar-refractivity contribution in [1.82, 2.24) is 5.32 Å². The summed E-state index contributed by atoms with van der Waals surface area (Å²) >= 11 is 1.97. The van der Waals surface area contributed by atoms with Gasteiger partial charge in [-0.15, -0.1) is 0 Å². The lowest BCUT2D eigenvalue weighted by molar-refractivity contribution is 0.410. The zero-order valence-corrected chi connectivity index (χ0v) is 10.1. The van der Waals surface area contributed by atoms with Crippen molar-refractivity contribution in [2.75, 3.05) is 18.6 Å². The molecule has 1 heterocycles. The monoisotopic (exact) mass is 241 g/mol. The minimum absolute atomic E-state index is 0.239. The molecule has 16 heavy (non-hydrogen) atoms. The highest BCUT2D eigenvalue weighted by Gasteiger charge is 2.14. The number of hydrogen-bond donors (Lipinski definition) is 1. The van der Waals surface area contributed by atoms with Gasteiger partial charge in [-0.1, -0.05) is 0 Å². The summed E-state index contributed by atoms with van der Waals surface area (Å²) in [5.41, 5.74) is 0.939. The molecule has 2 rings (SSSR count). The van der Waals surface area contributed by atoms with E-state index in [1.54, 1.807) is 13.2 Å². The topological polar surface area (TPSA) is 21.3 Å². The van der Waals surface area contributed by atoms with Crippen molar-refractivity contribution in [2.45, 2.75) is 19.0 Å². The zero-order chi connectivity index (χ0) is 11.4. The molecule has 0 saturated carbocycles. The number of rotatable bonds is 4. The summed E-state index contributed by atoms with van der Waals surface area (Å²) in [6.45, 7) is 0.708. The van der Waals surface area contributed by atoms with E-state index in [4.69, 9.17) is 4.74 Å². The minimum Gasteiger partial charge on any atom is -0.497 e. The summed E-state index contributed by atoms with van der Waals surface area (Å²) in [5.74, 6) is 2.73. The Kier molecular flexibility index (Phi) is 4.07. The van der Waals surface area contributed by atoms with Gasteiger partial charge in [0.1, 0.15) is 11.6 Å². The van der Waals surface area contributed by atoms with Crippen LogP contribution in [0.5, 0.6) is 5.75 Å². The van der Waals surface area contributed by atoms with Crippen LogP contribution in [-0.2, 0) is 6.54 Å². The first-order valence-electron chi connectivity index (χ1n) is 5.42. The van der Waals surface area contributed by atoms with Gasteiger partial charge in [0.2, 0.25) is 0 Å². The van der Waals surface area contributed by atoms with Crippen molar-refractivity contribution in [3.63, 3.8) is 0 Å². The van der Waals surface area contributed by atoms with Gasteiger partial charge in [-0.25, -0.2) is 4.39 Å². The summed E-state index contributed by atoms with van der Waals surface area (Å²) < 4.78 is 18.2. The van der Waals surface area contributed by atoms with E-state index in [0.29, 0.717) is 18.3 Å². The van der Waals surface area contributed by atoms with Crippen LogP contribution in [0.4, 0.5) is 4.39 Å². The van der Waals surface area contributed by atoms with Crippen molar-refractivity contribution in [1.29, 1.82) is 0 Å². The van der Waals surface area contributed by atoms with Crippen molar-refractivity contribution >= 4 is 11.8 Å². The molecule has 0 aliphatic carbocycles. The van der Waals surface area contributed by atoms with Gasteiger partial charge in [0.05, 0.1) is 7.11 Å². The standard InChI is InChI=1S/C12H16FNOS/c1-15-12-5-9(4-10(13)6-12)7-14-11-2-3-16-8-11/h4-6,11,14H,2-3,7-8H2,1H3. The van der Waals surface area contributed by atoms with Gasteiger partial charge < -0.3 is 10.1 Å². The number of methoxy groups -OCH3 is 1. The predicted octanol–water partition coefficient (Wildman–Crippen LogP) is 2.43. The highest BCUT2D eigenvalue weighted by molar-refractivity contribution is 7.99. The molecule has 1 aliphatic rings. The van der Waals surface area contributed by atoms with Gasteiger partial charge in [-0.05, 0) is 29.9 Å². The van der Waals surface area contributed by atoms with E-state index in [1.165, 1.54) is 18.2 Å². The van der Waals surface area contributed by atoms with Crippen LogP contribution < -0.4 is 10.1 Å². The quantitative estimate of drug-likeness (QED) is 0.874. The molecule has 0 radical (unpaired) electrons. The second-order valence-electron chi connectivity index (χ2n) is 3.94. The largest absolute Gasteiger partial charge is 0.497 e. The molecule has 1 aliphatic heterocycles. The number of halogens is 1. The van der Waals surface area contributed by atoms with Crippen LogP contribution in [0, 0.1) is 5.82 Å². The van der Waals surface area contributed by atoms with Crippen LogP contribution >= 0.6 is 11.8 Å². The third-order valence-corrected chi connectivity index (χ3v) is 3.85. The second kappa shape index (κ2) is 5.55. The van der Waals surface area contributed by atoms with Crippen molar-refractivity contribution < 1.29 is 9.13 Å². The SMILES string of the molecule is COc1cc(F)cc(CNC2CCSC2)c1. The normalized spacial score (nSPS) is 20.0. The van der Waals surface area contributed by atoms with Gasteiger partial charge in [0.15, 0.2) is 0 Å². The average molecular weight is 241 g/mol. The third kappa shape index (κ3) is 3.12. The fourth-order valence-electron chi connectivity index (χ4n) is 1.80. The van der Waals surface area contributed by atoms with Crippen LogP contribution in [0.25, 0.3) is 0 Å². The fourth-order valence-corrected chi connectivity index (χ4v) is 2.99. The fraction of sp³-hybridized carbons (Fsp3) is 0.500. The van der Waals surface area contributed by atoms with Crippen LogP contribution in [0.3, 0.4) is 0 Å². The maximum absolute atomic E-state index is 13.2. The number of hydrogen-bond acceptors (Lipinski definition) is 3. The molecule has 88 valence electrons. The van der Waals surface area contributed by atoms with Gasteiger partial charge in [0, 0.05) is 24.4 Å². The maximum atomic E-state index is 13.2. The second-order valence-corrected chi connectivity index (χ2v) is 5.09. The minimum atomic E-state index is -0.239. The Labute approximate surface area is 99.6 Å². The van der Waals surface area contributed by atoms with E-state index < -0.39 is 0 Å². The van der Waals surface area contributed by atoms with E-state index in [2.05, 4.69) is 5.32 Å². The lowest BCUT2D eigenvalue weighted by Gasteiger charge is -2.11. The Morgan fingerprint density at radius 1 is 1.50 bits per heavy atom. The summed E-state index contributed by atoms with van der Waals surface area (Å²) in [5, 5.41) is 3.43. The number of benzene rings is 1. The maximum Gasteiger partial charge on any atom is 0.127 e. The lowest BCUT2D eigenvalue weighted by Crippen LogP contribution is -2.27. The number of ether oxygens (including phenoxy) is 1. The van der Waals surface area contributed by atoms with Crippen LogP contribution in [0.2, 0.25) is 0 Å². The molecule has 0 amide bonds. The summed E-state index contributed by atoms with van der Waals surface area (Å²) in [4.78, 5) is 0.